The molecule has 0 fully saturated rings. The van der Waals surface area contributed by atoms with E-state index in [0.29, 0.717) is 5.56 Å². The molecule has 1 aromatic rings. The molecule has 0 aliphatic heterocycles. The summed E-state index contributed by atoms with van der Waals surface area (Å²) in [6, 6.07) is 5.60. The van der Waals surface area contributed by atoms with Crippen molar-refractivity contribution in [2.75, 3.05) is 0 Å². The summed E-state index contributed by atoms with van der Waals surface area (Å²) in [5.41, 5.74) is 10.1. The minimum atomic E-state index is -1.22. The molecular weight excluding hydrogens is 215 g/mol. The molecule has 3 heteroatoms. The Bertz CT molecular complexity index is 446. The van der Waals surface area contributed by atoms with Crippen LogP contribution in [-0.2, 0) is 0 Å². The Balaban J connectivity index is 3.10. The Kier molecular flexibility index (Phi) is 4.32. The highest BCUT2D eigenvalue weighted by molar-refractivity contribution is 5.66. The van der Waals surface area contributed by atoms with Crippen LogP contribution in [0, 0.1) is 6.92 Å². The van der Waals surface area contributed by atoms with E-state index in [-0.39, 0.29) is 0 Å². The second kappa shape index (κ2) is 5.53. The number of allylic oxidation sites excluding steroid dienone is 2. The Morgan fingerprint density at radius 1 is 1.47 bits per heavy atom. The molecule has 0 aliphatic carbocycles. The van der Waals surface area contributed by atoms with E-state index in [9.17, 15) is 4.39 Å². The number of hydrogen-bond acceptors (Lipinski definition) is 2. The van der Waals surface area contributed by atoms with Gasteiger partial charge in [-0.05, 0) is 43.7 Å². The Labute approximate surface area is 102 Å². The van der Waals surface area contributed by atoms with Crippen LogP contribution in [-0.4, -0.2) is 0 Å². The molecule has 3 N–H and O–H groups in total. The van der Waals surface area contributed by atoms with E-state index < -0.39 is 6.30 Å². The van der Waals surface area contributed by atoms with Crippen molar-refractivity contribution in [3.8, 4) is 0 Å². The van der Waals surface area contributed by atoms with Crippen LogP contribution < -0.4 is 11.1 Å². The van der Waals surface area contributed by atoms with Crippen molar-refractivity contribution in [3.05, 3.63) is 53.4 Å². The van der Waals surface area contributed by atoms with Crippen LogP contribution in [0.4, 0.5) is 4.39 Å². The maximum absolute atomic E-state index is 13.7. The molecule has 0 aromatic heterocycles. The van der Waals surface area contributed by atoms with Crippen molar-refractivity contribution in [3.63, 3.8) is 0 Å². The molecule has 0 radical (unpaired) electrons. The first-order chi connectivity index (χ1) is 7.97. The average Bonchev–Trinajstić information content (AvgIpc) is 2.27. The van der Waals surface area contributed by atoms with E-state index in [4.69, 9.17) is 5.73 Å². The molecule has 0 spiro atoms. The lowest BCUT2D eigenvalue weighted by atomic mass is 9.99. The lowest BCUT2D eigenvalue weighted by Gasteiger charge is -2.13. The van der Waals surface area contributed by atoms with Crippen molar-refractivity contribution < 1.29 is 4.39 Å². The number of nitrogens with one attached hydrogen (secondary N) is 1. The van der Waals surface area contributed by atoms with Crippen LogP contribution in [0.25, 0.3) is 5.57 Å². The van der Waals surface area contributed by atoms with Gasteiger partial charge in [-0.25, -0.2) is 4.39 Å². The lowest BCUT2D eigenvalue weighted by Crippen LogP contribution is -2.11. The van der Waals surface area contributed by atoms with Gasteiger partial charge in [0.25, 0.3) is 0 Å². The van der Waals surface area contributed by atoms with Gasteiger partial charge in [0.05, 0.1) is 0 Å². The van der Waals surface area contributed by atoms with E-state index in [1.54, 1.807) is 6.07 Å². The van der Waals surface area contributed by atoms with Crippen molar-refractivity contribution in [1.82, 2.24) is 5.32 Å². The number of rotatable bonds is 4. The van der Waals surface area contributed by atoms with Gasteiger partial charge in [-0.1, -0.05) is 24.8 Å². The molecule has 0 amide bonds. The quantitative estimate of drug-likeness (QED) is 0.783. The lowest BCUT2D eigenvalue weighted by molar-refractivity contribution is 0.310. The molecule has 0 saturated carbocycles. The van der Waals surface area contributed by atoms with Crippen LogP contribution >= 0.6 is 0 Å². The maximum atomic E-state index is 13.7. The minimum absolute atomic E-state index is 0.621. The molecule has 1 unspecified atom stereocenters. The number of aryl methyl sites for hydroxylation is 1. The first-order valence-corrected chi connectivity index (χ1v) is 5.52. The van der Waals surface area contributed by atoms with Crippen molar-refractivity contribution >= 4 is 5.57 Å². The third-order valence-electron chi connectivity index (χ3n) is 2.83. The van der Waals surface area contributed by atoms with Crippen LogP contribution in [0.1, 0.15) is 36.8 Å². The molecule has 0 bridgehead atoms. The normalized spacial score (nSPS) is 13.9. The SMILES string of the molecule is C=CNC(F)c1ccc(/C(C)=C(\C)N)cc1C. The molecule has 1 atom stereocenters. The Morgan fingerprint density at radius 3 is 2.59 bits per heavy atom. The maximum Gasteiger partial charge on any atom is 0.195 e. The monoisotopic (exact) mass is 234 g/mol. The second-order valence-corrected chi connectivity index (χ2v) is 4.11. The van der Waals surface area contributed by atoms with Crippen LogP contribution in [0.15, 0.2) is 36.7 Å². The predicted molar refractivity (Wildman–Crippen MR) is 70.8 cm³/mol. The van der Waals surface area contributed by atoms with Gasteiger partial charge in [0.15, 0.2) is 6.30 Å². The summed E-state index contributed by atoms with van der Waals surface area (Å²) in [6.45, 7) is 9.15. The van der Waals surface area contributed by atoms with Crippen molar-refractivity contribution in [2.45, 2.75) is 27.1 Å². The Hall–Kier alpha value is -1.77. The van der Waals surface area contributed by atoms with Gasteiger partial charge in [-0.15, -0.1) is 0 Å². The van der Waals surface area contributed by atoms with E-state index in [1.165, 1.54) is 6.20 Å². The molecule has 1 rings (SSSR count). The van der Waals surface area contributed by atoms with Crippen LogP contribution in [0.5, 0.6) is 0 Å². The molecular formula is C14H19FN2. The van der Waals surface area contributed by atoms with Gasteiger partial charge in [0.2, 0.25) is 0 Å². The Morgan fingerprint density at radius 2 is 2.12 bits per heavy atom. The zero-order valence-corrected chi connectivity index (χ0v) is 10.5. The van der Waals surface area contributed by atoms with Gasteiger partial charge >= 0.3 is 0 Å². The molecule has 0 heterocycles. The highest BCUT2D eigenvalue weighted by Crippen LogP contribution is 2.24. The molecule has 2 nitrogen and oxygen atoms in total. The van der Waals surface area contributed by atoms with Gasteiger partial charge in [0.1, 0.15) is 0 Å². The fourth-order valence-corrected chi connectivity index (χ4v) is 1.61. The summed E-state index contributed by atoms with van der Waals surface area (Å²) in [5.74, 6) is 0. The highest BCUT2D eigenvalue weighted by Gasteiger charge is 2.11. The fraction of sp³-hybridized carbons (Fsp3) is 0.286. The number of halogens is 1. The van der Waals surface area contributed by atoms with E-state index in [1.807, 2.05) is 32.9 Å². The number of alkyl halides is 1. The van der Waals surface area contributed by atoms with E-state index >= 15 is 0 Å². The van der Waals surface area contributed by atoms with Gasteiger partial charge < -0.3 is 11.1 Å². The topological polar surface area (TPSA) is 38.0 Å². The summed E-state index contributed by atoms with van der Waals surface area (Å²) >= 11 is 0. The summed E-state index contributed by atoms with van der Waals surface area (Å²) < 4.78 is 13.7. The number of benzene rings is 1. The molecule has 17 heavy (non-hydrogen) atoms. The highest BCUT2D eigenvalue weighted by atomic mass is 19.1. The smallest absolute Gasteiger partial charge is 0.195 e. The van der Waals surface area contributed by atoms with Crippen molar-refractivity contribution in [2.24, 2.45) is 5.73 Å². The third-order valence-corrected chi connectivity index (χ3v) is 2.83. The fourth-order valence-electron chi connectivity index (χ4n) is 1.61. The predicted octanol–water partition coefficient (Wildman–Crippen LogP) is 3.41. The number of nitrogens with two attached hydrogens (primary N) is 1. The van der Waals surface area contributed by atoms with Gasteiger partial charge in [-0.2, -0.15) is 0 Å². The first kappa shape index (κ1) is 13.3. The summed E-state index contributed by atoms with van der Waals surface area (Å²) in [7, 11) is 0. The van der Waals surface area contributed by atoms with Crippen LogP contribution in [0.2, 0.25) is 0 Å². The standard InChI is InChI=1S/C14H19FN2/c1-5-17-14(15)13-7-6-12(8-9(13)2)10(3)11(4)16/h5-8,14,17H,1,16H2,2-4H3/b11-10+. The largest absolute Gasteiger partial charge is 0.402 e. The molecule has 92 valence electrons. The molecule has 0 aliphatic rings. The average molecular weight is 234 g/mol. The molecule has 1 aromatic carbocycles. The third kappa shape index (κ3) is 3.09. The summed E-state index contributed by atoms with van der Waals surface area (Å²) in [4.78, 5) is 0. The zero-order valence-electron chi connectivity index (χ0n) is 10.5. The number of hydrogen-bond donors (Lipinski definition) is 2. The zero-order chi connectivity index (χ0) is 13.0. The summed E-state index contributed by atoms with van der Waals surface area (Å²) in [6.07, 6.45) is 0.137. The van der Waals surface area contributed by atoms with E-state index in [0.717, 1.165) is 22.4 Å². The summed E-state index contributed by atoms with van der Waals surface area (Å²) in [5, 5.41) is 2.53. The van der Waals surface area contributed by atoms with Crippen LogP contribution in [0.3, 0.4) is 0 Å². The minimum Gasteiger partial charge on any atom is -0.402 e. The van der Waals surface area contributed by atoms with Gasteiger partial charge in [-0.3, -0.25) is 0 Å². The molecule has 0 saturated heterocycles. The van der Waals surface area contributed by atoms with E-state index in [2.05, 4.69) is 11.9 Å². The first-order valence-electron chi connectivity index (χ1n) is 5.52. The second-order valence-electron chi connectivity index (χ2n) is 4.11. The van der Waals surface area contributed by atoms with Gasteiger partial charge in [0, 0.05) is 11.3 Å². The van der Waals surface area contributed by atoms with Crippen molar-refractivity contribution in [1.29, 1.82) is 0 Å².